The fourth-order valence-corrected chi connectivity index (χ4v) is 4.47. The normalized spacial score (nSPS) is 16.9. The molecule has 0 aliphatic heterocycles. The van der Waals surface area contributed by atoms with Crippen LogP contribution >= 0.6 is 0 Å². The van der Waals surface area contributed by atoms with Crippen LogP contribution in [0, 0.1) is 6.92 Å². The van der Waals surface area contributed by atoms with Gasteiger partial charge in [-0.2, -0.15) is 4.31 Å². The number of benzene rings is 1. The molecule has 124 valence electrons. The lowest BCUT2D eigenvalue weighted by molar-refractivity contribution is 0.285. The van der Waals surface area contributed by atoms with Crippen molar-refractivity contribution in [2.45, 2.75) is 63.3 Å². The highest BCUT2D eigenvalue weighted by atomic mass is 32.2. The summed E-state index contributed by atoms with van der Waals surface area (Å²) in [5.41, 5.74) is 0.867. The predicted octanol–water partition coefficient (Wildman–Crippen LogP) is 3.74. The molecule has 0 radical (unpaired) electrons. The Kier molecular flexibility index (Phi) is 5.87. The average Bonchev–Trinajstić information content (AvgIpc) is 2.53. The van der Waals surface area contributed by atoms with Crippen molar-refractivity contribution in [3.8, 4) is 5.75 Å². The number of rotatable bonds is 6. The lowest BCUT2D eigenvalue weighted by Crippen LogP contribution is -2.38. The summed E-state index contributed by atoms with van der Waals surface area (Å²) in [6.07, 6.45) is 6.32. The van der Waals surface area contributed by atoms with Gasteiger partial charge in [-0.25, -0.2) is 8.42 Å². The van der Waals surface area contributed by atoms with Crippen LogP contribution in [-0.2, 0) is 10.0 Å². The van der Waals surface area contributed by atoms with Crippen LogP contribution in [0.4, 0.5) is 0 Å². The van der Waals surface area contributed by atoms with E-state index in [4.69, 9.17) is 4.74 Å². The van der Waals surface area contributed by atoms with Crippen LogP contribution in [0.3, 0.4) is 0 Å². The van der Waals surface area contributed by atoms with Gasteiger partial charge in [0.15, 0.2) is 0 Å². The molecule has 1 saturated carbocycles. The number of hydrogen-bond donors (Lipinski definition) is 0. The monoisotopic (exact) mass is 325 g/mol. The van der Waals surface area contributed by atoms with E-state index in [0.717, 1.165) is 43.4 Å². The second kappa shape index (κ2) is 7.47. The molecule has 1 aromatic carbocycles. The van der Waals surface area contributed by atoms with Crippen molar-refractivity contribution >= 4 is 10.0 Å². The van der Waals surface area contributed by atoms with Gasteiger partial charge in [0.2, 0.25) is 10.0 Å². The summed E-state index contributed by atoms with van der Waals surface area (Å²) in [6.45, 7) is 4.59. The van der Waals surface area contributed by atoms with Crippen molar-refractivity contribution in [3.05, 3.63) is 23.8 Å². The molecule has 0 N–H and O–H groups in total. The van der Waals surface area contributed by atoms with Crippen molar-refractivity contribution in [3.63, 3.8) is 0 Å². The molecule has 0 bridgehead atoms. The summed E-state index contributed by atoms with van der Waals surface area (Å²) in [5, 5.41) is 0. The fourth-order valence-electron chi connectivity index (χ4n) is 2.96. The minimum absolute atomic E-state index is 0.134. The first-order valence-corrected chi connectivity index (χ1v) is 9.62. The van der Waals surface area contributed by atoms with E-state index < -0.39 is 10.0 Å². The molecule has 1 aliphatic carbocycles. The molecule has 2 rings (SSSR count). The summed E-state index contributed by atoms with van der Waals surface area (Å²) in [6, 6.07) is 5.29. The Labute approximate surface area is 134 Å². The van der Waals surface area contributed by atoms with E-state index in [0.29, 0.717) is 11.5 Å². The lowest BCUT2D eigenvalue weighted by atomic mass is 9.96. The molecular formula is C17H27NO3S. The molecule has 0 saturated heterocycles. The quantitative estimate of drug-likeness (QED) is 0.800. The first-order chi connectivity index (χ1) is 10.5. The summed E-state index contributed by atoms with van der Waals surface area (Å²) < 4.78 is 32.8. The number of hydrogen-bond acceptors (Lipinski definition) is 3. The molecular weight excluding hydrogens is 298 g/mol. The molecule has 0 aromatic heterocycles. The van der Waals surface area contributed by atoms with Gasteiger partial charge >= 0.3 is 0 Å². The van der Waals surface area contributed by atoms with Gasteiger partial charge in [0, 0.05) is 13.1 Å². The number of sulfonamides is 1. The van der Waals surface area contributed by atoms with E-state index in [1.807, 2.05) is 13.8 Å². The average molecular weight is 325 g/mol. The molecule has 4 nitrogen and oxygen atoms in total. The minimum Gasteiger partial charge on any atom is -0.493 e. The highest BCUT2D eigenvalue weighted by Gasteiger charge is 2.29. The highest BCUT2D eigenvalue weighted by Crippen LogP contribution is 2.28. The Balaban J connectivity index is 2.19. The summed E-state index contributed by atoms with van der Waals surface area (Å²) in [7, 11) is -1.71. The summed E-state index contributed by atoms with van der Waals surface area (Å²) >= 11 is 0. The second-order valence-corrected chi connectivity index (χ2v) is 8.09. The molecule has 0 amide bonds. The lowest BCUT2D eigenvalue weighted by Gasteiger charge is -2.30. The third-order valence-electron chi connectivity index (χ3n) is 4.37. The zero-order valence-corrected chi connectivity index (χ0v) is 14.7. The second-order valence-electron chi connectivity index (χ2n) is 6.09. The molecule has 22 heavy (non-hydrogen) atoms. The Bertz CT molecular complexity index is 592. The molecule has 0 spiro atoms. The van der Waals surface area contributed by atoms with E-state index in [1.165, 1.54) is 6.42 Å². The molecule has 0 unspecified atom stereocenters. The largest absolute Gasteiger partial charge is 0.493 e. The van der Waals surface area contributed by atoms with E-state index in [-0.39, 0.29) is 6.04 Å². The standard InChI is InChI=1S/C17H27NO3S/c1-4-12-21-17-11-10-16(13-14(17)2)22(19,20)18(3)15-8-6-5-7-9-15/h10-11,13,15H,4-9,12H2,1-3H3. The smallest absolute Gasteiger partial charge is 0.243 e. The fraction of sp³-hybridized carbons (Fsp3) is 0.647. The summed E-state index contributed by atoms with van der Waals surface area (Å²) in [5.74, 6) is 0.765. The van der Waals surface area contributed by atoms with Gasteiger partial charge in [-0.3, -0.25) is 0 Å². The maximum absolute atomic E-state index is 12.8. The maximum Gasteiger partial charge on any atom is 0.243 e. The van der Waals surface area contributed by atoms with Crippen LogP contribution in [0.2, 0.25) is 0 Å². The molecule has 1 fully saturated rings. The molecule has 1 aromatic rings. The van der Waals surface area contributed by atoms with Gasteiger partial charge < -0.3 is 4.74 Å². The van der Waals surface area contributed by atoms with Crippen molar-refractivity contribution < 1.29 is 13.2 Å². The van der Waals surface area contributed by atoms with E-state index in [1.54, 1.807) is 29.6 Å². The van der Waals surface area contributed by atoms with Crippen molar-refractivity contribution in [1.82, 2.24) is 4.31 Å². The van der Waals surface area contributed by atoms with Crippen LogP contribution in [0.25, 0.3) is 0 Å². The molecule has 1 aliphatic rings. The van der Waals surface area contributed by atoms with Crippen LogP contribution in [-0.4, -0.2) is 32.4 Å². The van der Waals surface area contributed by atoms with Crippen LogP contribution < -0.4 is 4.74 Å². The molecule has 5 heteroatoms. The van der Waals surface area contributed by atoms with Gasteiger partial charge in [-0.15, -0.1) is 0 Å². The zero-order valence-electron chi connectivity index (χ0n) is 13.8. The third kappa shape index (κ3) is 3.82. The SMILES string of the molecule is CCCOc1ccc(S(=O)(=O)N(C)C2CCCCC2)cc1C. The van der Waals surface area contributed by atoms with Gasteiger partial charge in [0.1, 0.15) is 5.75 Å². The Morgan fingerprint density at radius 2 is 1.91 bits per heavy atom. The Morgan fingerprint density at radius 1 is 1.23 bits per heavy atom. The van der Waals surface area contributed by atoms with Gasteiger partial charge in [-0.1, -0.05) is 26.2 Å². The van der Waals surface area contributed by atoms with Crippen molar-refractivity contribution in [2.24, 2.45) is 0 Å². The Morgan fingerprint density at radius 3 is 2.50 bits per heavy atom. The third-order valence-corrected chi connectivity index (χ3v) is 6.28. The Hall–Kier alpha value is -1.07. The summed E-state index contributed by atoms with van der Waals surface area (Å²) in [4.78, 5) is 0.363. The van der Waals surface area contributed by atoms with Crippen LogP contribution in [0.15, 0.2) is 23.1 Å². The van der Waals surface area contributed by atoms with Crippen molar-refractivity contribution in [2.75, 3.05) is 13.7 Å². The van der Waals surface area contributed by atoms with Gasteiger partial charge in [-0.05, 0) is 49.9 Å². The van der Waals surface area contributed by atoms with E-state index in [2.05, 4.69) is 0 Å². The predicted molar refractivity (Wildman–Crippen MR) is 88.8 cm³/mol. The van der Waals surface area contributed by atoms with E-state index >= 15 is 0 Å². The topological polar surface area (TPSA) is 46.6 Å². The number of nitrogens with zero attached hydrogens (tertiary/aromatic N) is 1. The maximum atomic E-state index is 12.8. The van der Waals surface area contributed by atoms with E-state index in [9.17, 15) is 8.42 Å². The number of ether oxygens (including phenoxy) is 1. The molecule has 0 atom stereocenters. The highest BCUT2D eigenvalue weighted by molar-refractivity contribution is 7.89. The first kappa shape index (κ1) is 17.3. The number of aryl methyl sites for hydroxylation is 1. The van der Waals surface area contributed by atoms with Gasteiger partial charge in [0.05, 0.1) is 11.5 Å². The first-order valence-electron chi connectivity index (χ1n) is 8.18. The minimum atomic E-state index is -3.42. The molecule has 0 heterocycles. The van der Waals surface area contributed by atoms with Gasteiger partial charge in [0.25, 0.3) is 0 Å². The van der Waals surface area contributed by atoms with Crippen LogP contribution in [0.5, 0.6) is 5.75 Å². The zero-order chi connectivity index (χ0) is 16.2. The van der Waals surface area contributed by atoms with Crippen LogP contribution in [0.1, 0.15) is 51.0 Å². The van der Waals surface area contributed by atoms with Crippen molar-refractivity contribution in [1.29, 1.82) is 0 Å².